The SMILES string of the molecule is O=C(/C=C/c1cccc(F)c1)Nc1ccnc(Cl)c1. The molecule has 2 rings (SSSR count). The number of carbonyl (C=O) groups is 1. The molecule has 0 atom stereocenters. The van der Waals surface area contributed by atoms with E-state index in [-0.39, 0.29) is 11.7 Å². The number of nitrogens with one attached hydrogen (secondary N) is 1. The number of pyridine rings is 1. The Kier molecular flexibility index (Phi) is 4.26. The van der Waals surface area contributed by atoms with E-state index in [1.54, 1.807) is 18.2 Å². The second-order valence-corrected chi connectivity index (χ2v) is 4.13. The lowest BCUT2D eigenvalue weighted by atomic mass is 10.2. The minimum absolute atomic E-state index is 0.298. The summed E-state index contributed by atoms with van der Waals surface area (Å²) in [4.78, 5) is 15.4. The highest BCUT2D eigenvalue weighted by atomic mass is 35.5. The van der Waals surface area contributed by atoms with Gasteiger partial charge in [0.2, 0.25) is 5.91 Å². The summed E-state index contributed by atoms with van der Waals surface area (Å²) in [5.41, 5.74) is 1.16. The third kappa shape index (κ3) is 4.19. The van der Waals surface area contributed by atoms with E-state index in [1.165, 1.54) is 36.5 Å². The van der Waals surface area contributed by atoms with Crippen molar-refractivity contribution in [2.45, 2.75) is 0 Å². The molecule has 1 amide bonds. The Morgan fingerprint density at radius 2 is 2.16 bits per heavy atom. The van der Waals surface area contributed by atoms with E-state index in [1.807, 2.05) is 0 Å². The van der Waals surface area contributed by atoms with Crippen LogP contribution in [-0.2, 0) is 4.79 Å². The Hall–Kier alpha value is -2.20. The molecular formula is C14H10ClFN2O. The molecule has 0 radical (unpaired) electrons. The van der Waals surface area contributed by atoms with Gasteiger partial charge in [-0.05, 0) is 35.9 Å². The summed E-state index contributed by atoms with van der Waals surface area (Å²) in [5, 5.41) is 2.92. The van der Waals surface area contributed by atoms with Gasteiger partial charge in [-0.2, -0.15) is 0 Å². The van der Waals surface area contributed by atoms with Gasteiger partial charge in [0.1, 0.15) is 11.0 Å². The van der Waals surface area contributed by atoms with Gasteiger partial charge in [-0.3, -0.25) is 4.79 Å². The zero-order valence-electron chi connectivity index (χ0n) is 9.81. The Bertz CT molecular complexity index is 628. The predicted octanol–water partition coefficient (Wildman–Crippen LogP) is 3.53. The van der Waals surface area contributed by atoms with E-state index in [0.717, 1.165) is 0 Å². The summed E-state index contributed by atoms with van der Waals surface area (Å²) in [6.45, 7) is 0. The summed E-state index contributed by atoms with van der Waals surface area (Å²) in [6, 6.07) is 9.13. The molecule has 0 spiro atoms. The lowest BCUT2D eigenvalue weighted by Gasteiger charge is -2.01. The van der Waals surface area contributed by atoms with Gasteiger partial charge in [-0.25, -0.2) is 9.37 Å². The molecule has 5 heteroatoms. The lowest BCUT2D eigenvalue weighted by Crippen LogP contribution is -2.07. The van der Waals surface area contributed by atoms with Crippen molar-refractivity contribution in [2.75, 3.05) is 5.32 Å². The molecule has 0 saturated carbocycles. The Balaban J connectivity index is 2.01. The Morgan fingerprint density at radius 3 is 2.89 bits per heavy atom. The van der Waals surface area contributed by atoms with E-state index >= 15 is 0 Å². The highest BCUT2D eigenvalue weighted by Crippen LogP contribution is 2.12. The number of nitrogens with zero attached hydrogens (tertiary/aromatic N) is 1. The molecular weight excluding hydrogens is 267 g/mol. The van der Waals surface area contributed by atoms with Crippen molar-refractivity contribution in [1.29, 1.82) is 0 Å². The van der Waals surface area contributed by atoms with Crippen LogP contribution >= 0.6 is 11.6 Å². The highest BCUT2D eigenvalue weighted by molar-refractivity contribution is 6.29. The van der Waals surface area contributed by atoms with Gasteiger partial charge in [0.05, 0.1) is 0 Å². The van der Waals surface area contributed by atoms with Crippen LogP contribution in [0.1, 0.15) is 5.56 Å². The fraction of sp³-hybridized carbons (Fsp3) is 0. The molecule has 1 heterocycles. The zero-order chi connectivity index (χ0) is 13.7. The van der Waals surface area contributed by atoms with Crippen LogP contribution in [-0.4, -0.2) is 10.9 Å². The van der Waals surface area contributed by atoms with Crippen LogP contribution in [0.4, 0.5) is 10.1 Å². The molecule has 0 aliphatic carbocycles. The summed E-state index contributed by atoms with van der Waals surface area (Å²) >= 11 is 5.70. The van der Waals surface area contributed by atoms with Gasteiger partial charge in [-0.1, -0.05) is 23.7 Å². The van der Waals surface area contributed by atoms with Crippen LogP contribution in [0.5, 0.6) is 0 Å². The van der Waals surface area contributed by atoms with E-state index < -0.39 is 0 Å². The maximum absolute atomic E-state index is 12.9. The summed E-state index contributed by atoms with van der Waals surface area (Å²) < 4.78 is 12.9. The second kappa shape index (κ2) is 6.11. The molecule has 1 aromatic carbocycles. The van der Waals surface area contributed by atoms with Gasteiger partial charge >= 0.3 is 0 Å². The fourth-order valence-electron chi connectivity index (χ4n) is 1.45. The number of carbonyl (C=O) groups excluding carboxylic acids is 1. The molecule has 0 fully saturated rings. The van der Waals surface area contributed by atoms with E-state index in [2.05, 4.69) is 10.3 Å². The molecule has 0 saturated heterocycles. The molecule has 19 heavy (non-hydrogen) atoms. The average Bonchev–Trinajstić information content (AvgIpc) is 2.36. The van der Waals surface area contributed by atoms with Crippen LogP contribution in [0, 0.1) is 5.82 Å². The number of hydrogen-bond acceptors (Lipinski definition) is 2. The van der Waals surface area contributed by atoms with Crippen molar-refractivity contribution >= 4 is 29.3 Å². The monoisotopic (exact) mass is 276 g/mol. The largest absolute Gasteiger partial charge is 0.322 e. The highest BCUT2D eigenvalue weighted by Gasteiger charge is 1.99. The van der Waals surface area contributed by atoms with Crippen LogP contribution in [0.15, 0.2) is 48.7 Å². The Labute approximate surface area is 114 Å². The van der Waals surface area contributed by atoms with Gasteiger partial charge in [0.15, 0.2) is 0 Å². The zero-order valence-corrected chi connectivity index (χ0v) is 10.6. The molecule has 1 N–H and O–H groups in total. The number of benzene rings is 1. The first-order valence-electron chi connectivity index (χ1n) is 5.50. The maximum Gasteiger partial charge on any atom is 0.248 e. The number of halogens is 2. The van der Waals surface area contributed by atoms with Crippen molar-refractivity contribution < 1.29 is 9.18 Å². The third-order valence-corrected chi connectivity index (χ3v) is 2.48. The fourth-order valence-corrected chi connectivity index (χ4v) is 1.62. The Morgan fingerprint density at radius 1 is 1.32 bits per heavy atom. The number of hydrogen-bond donors (Lipinski definition) is 1. The molecule has 0 aliphatic heterocycles. The van der Waals surface area contributed by atoms with E-state index in [0.29, 0.717) is 16.4 Å². The molecule has 0 bridgehead atoms. The average molecular weight is 277 g/mol. The maximum atomic E-state index is 12.9. The topological polar surface area (TPSA) is 42.0 Å². The van der Waals surface area contributed by atoms with Crippen LogP contribution < -0.4 is 5.32 Å². The minimum atomic E-state index is -0.344. The molecule has 2 aromatic rings. The van der Waals surface area contributed by atoms with Gasteiger partial charge in [0, 0.05) is 18.0 Å². The van der Waals surface area contributed by atoms with Crippen LogP contribution in [0.25, 0.3) is 6.08 Å². The smallest absolute Gasteiger partial charge is 0.248 e. The predicted molar refractivity (Wildman–Crippen MR) is 73.3 cm³/mol. The van der Waals surface area contributed by atoms with Crippen LogP contribution in [0.2, 0.25) is 5.15 Å². The minimum Gasteiger partial charge on any atom is -0.322 e. The van der Waals surface area contributed by atoms with E-state index in [4.69, 9.17) is 11.6 Å². The summed E-state index contributed by atoms with van der Waals surface area (Å²) in [7, 11) is 0. The standard InChI is InChI=1S/C14H10ClFN2O/c15-13-9-12(6-7-17-13)18-14(19)5-4-10-2-1-3-11(16)8-10/h1-9H,(H,17,18,19)/b5-4+. The molecule has 0 aliphatic rings. The summed E-state index contributed by atoms with van der Waals surface area (Å²) in [6.07, 6.45) is 4.35. The number of amides is 1. The normalized spacial score (nSPS) is 10.6. The summed E-state index contributed by atoms with van der Waals surface area (Å²) in [5.74, 6) is -0.671. The first-order chi connectivity index (χ1) is 9.13. The quantitative estimate of drug-likeness (QED) is 0.688. The first kappa shape index (κ1) is 13.2. The van der Waals surface area contributed by atoms with E-state index in [9.17, 15) is 9.18 Å². The number of rotatable bonds is 3. The molecule has 96 valence electrons. The lowest BCUT2D eigenvalue weighted by molar-refractivity contribution is -0.111. The number of aromatic nitrogens is 1. The van der Waals surface area contributed by atoms with Gasteiger partial charge in [-0.15, -0.1) is 0 Å². The van der Waals surface area contributed by atoms with Crippen molar-refractivity contribution in [1.82, 2.24) is 4.98 Å². The third-order valence-electron chi connectivity index (χ3n) is 2.27. The number of anilines is 1. The van der Waals surface area contributed by atoms with Gasteiger partial charge < -0.3 is 5.32 Å². The molecule has 3 nitrogen and oxygen atoms in total. The molecule has 1 aromatic heterocycles. The van der Waals surface area contributed by atoms with Crippen molar-refractivity contribution in [2.24, 2.45) is 0 Å². The van der Waals surface area contributed by atoms with Crippen LogP contribution in [0.3, 0.4) is 0 Å². The molecule has 0 unspecified atom stereocenters. The van der Waals surface area contributed by atoms with Gasteiger partial charge in [0.25, 0.3) is 0 Å². The van der Waals surface area contributed by atoms with Crippen molar-refractivity contribution in [3.63, 3.8) is 0 Å². The second-order valence-electron chi connectivity index (χ2n) is 3.74. The first-order valence-corrected chi connectivity index (χ1v) is 5.87. The van der Waals surface area contributed by atoms with Crippen molar-refractivity contribution in [3.8, 4) is 0 Å². The van der Waals surface area contributed by atoms with Crippen molar-refractivity contribution in [3.05, 3.63) is 65.2 Å².